The number of nitrogen functional groups attached to an aromatic ring is 1. The zero-order valence-corrected chi connectivity index (χ0v) is 8.84. The molecule has 1 unspecified atom stereocenters. The molecule has 1 aromatic rings. The Morgan fingerprint density at radius 2 is 2.19 bits per heavy atom. The molecule has 1 rings (SSSR count). The maximum Gasteiger partial charge on any atom is 0.344 e. The van der Waals surface area contributed by atoms with Gasteiger partial charge in [-0.05, 0) is 24.6 Å². The number of carboxylic acid groups (broad SMARTS) is 1. The summed E-state index contributed by atoms with van der Waals surface area (Å²) < 4.78 is 4.68. The molecule has 3 N–H and O–H groups in total. The Labute approximate surface area is 92.8 Å². The molecular weight excluding hydrogens is 210 g/mol. The SMILES string of the molecule is CC(OC(=O)Cc1cccc(N)c1)C(=O)O. The van der Waals surface area contributed by atoms with Crippen LogP contribution in [0.1, 0.15) is 12.5 Å². The smallest absolute Gasteiger partial charge is 0.344 e. The monoisotopic (exact) mass is 223 g/mol. The third-order valence-electron chi connectivity index (χ3n) is 1.96. The van der Waals surface area contributed by atoms with Crippen LogP contribution in [0.5, 0.6) is 0 Å². The molecule has 16 heavy (non-hydrogen) atoms. The first-order valence-electron chi connectivity index (χ1n) is 4.75. The van der Waals surface area contributed by atoms with Gasteiger partial charge in [0, 0.05) is 5.69 Å². The molecule has 86 valence electrons. The number of esters is 1. The van der Waals surface area contributed by atoms with Crippen molar-refractivity contribution in [3.63, 3.8) is 0 Å². The van der Waals surface area contributed by atoms with Gasteiger partial charge in [-0.25, -0.2) is 4.79 Å². The lowest BCUT2D eigenvalue weighted by Crippen LogP contribution is -2.24. The Hall–Kier alpha value is -2.04. The standard InChI is InChI=1S/C11H13NO4/c1-7(11(14)15)16-10(13)6-8-3-2-4-9(12)5-8/h2-5,7H,6,12H2,1H3,(H,14,15). The van der Waals surface area contributed by atoms with Gasteiger partial charge in [-0.1, -0.05) is 12.1 Å². The van der Waals surface area contributed by atoms with Gasteiger partial charge in [0.2, 0.25) is 0 Å². The number of carbonyl (C=O) groups is 2. The Balaban J connectivity index is 2.55. The van der Waals surface area contributed by atoms with E-state index >= 15 is 0 Å². The third kappa shape index (κ3) is 3.61. The van der Waals surface area contributed by atoms with Crippen LogP contribution in [0.4, 0.5) is 5.69 Å². The van der Waals surface area contributed by atoms with Gasteiger partial charge in [0.25, 0.3) is 0 Å². The summed E-state index contributed by atoms with van der Waals surface area (Å²) in [6, 6.07) is 6.79. The number of anilines is 1. The summed E-state index contributed by atoms with van der Waals surface area (Å²) in [5.74, 6) is -1.75. The van der Waals surface area contributed by atoms with Crippen molar-refractivity contribution >= 4 is 17.6 Å². The molecule has 0 aliphatic carbocycles. The Morgan fingerprint density at radius 1 is 1.50 bits per heavy atom. The molecule has 0 saturated carbocycles. The number of benzene rings is 1. The number of hydrogen-bond acceptors (Lipinski definition) is 4. The van der Waals surface area contributed by atoms with Crippen LogP contribution in [0.2, 0.25) is 0 Å². The second kappa shape index (κ2) is 5.16. The summed E-state index contributed by atoms with van der Waals surface area (Å²) in [6.45, 7) is 1.31. The lowest BCUT2D eigenvalue weighted by molar-refractivity contribution is -0.162. The van der Waals surface area contributed by atoms with Crippen LogP contribution in [-0.4, -0.2) is 23.1 Å². The summed E-state index contributed by atoms with van der Waals surface area (Å²) in [6.07, 6.45) is -1.11. The number of nitrogens with two attached hydrogens (primary N) is 1. The second-order valence-electron chi connectivity index (χ2n) is 3.39. The fraction of sp³-hybridized carbons (Fsp3) is 0.273. The highest BCUT2D eigenvalue weighted by Gasteiger charge is 2.16. The van der Waals surface area contributed by atoms with Crippen LogP contribution < -0.4 is 5.73 Å². The molecular formula is C11H13NO4. The predicted octanol–water partition coefficient (Wildman–Crippen LogP) is 0.828. The van der Waals surface area contributed by atoms with E-state index in [4.69, 9.17) is 10.8 Å². The van der Waals surface area contributed by atoms with Crippen LogP contribution in [0.3, 0.4) is 0 Å². The minimum absolute atomic E-state index is 0.0165. The van der Waals surface area contributed by atoms with Crippen molar-refractivity contribution in [1.29, 1.82) is 0 Å². The molecule has 0 aliphatic rings. The van der Waals surface area contributed by atoms with Crippen LogP contribution in [-0.2, 0) is 20.7 Å². The number of aliphatic carboxylic acids is 1. The average Bonchev–Trinajstić information content (AvgIpc) is 2.16. The van der Waals surface area contributed by atoms with Gasteiger partial charge in [0.05, 0.1) is 6.42 Å². The largest absolute Gasteiger partial charge is 0.479 e. The lowest BCUT2D eigenvalue weighted by atomic mass is 10.1. The molecule has 0 heterocycles. The molecule has 0 aromatic heterocycles. The van der Waals surface area contributed by atoms with Gasteiger partial charge in [-0.15, -0.1) is 0 Å². The molecule has 5 heteroatoms. The van der Waals surface area contributed by atoms with Crippen molar-refractivity contribution in [3.8, 4) is 0 Å². The maximum atomic E-state index is 11.3. The van der Waals surface area contributed by atoms with Crippen molar-refractivity contribution in [2.24, 2.45) is 0 Å². The van der Waals surface area contributed by atoms with E-state index in [9.17, 15) is 9.59 Å². The first-order chi connectivity index (χ1) is 7.49. The quantitative estimate of drug-likeness (QED) is 0.582. The fourth-order valence-corrected chi connectivity index (χ4v) is 1.16. The summed E-state index contributed by atoms with van der Waals surface area (Å²) >= 11 is 0. The Bertz CT molecular complexity index is 403. The van der Waals surface area contributed by atoms with E-state index in [-0.39, 0.29) is 6.42 Å². The minimum atomic E-state index is -1.17. The third-order valence-corrected chi connectivity index (χ3v) is 1.96. The van der Waals surface area contributed by atoms with E-state index in [1.54, 1.807) is 24.3 Å². The number of carboxylic acids is 1. The van der Waals surface area contributed by atoms with E-state index in [2.05, 4.69) is 4.74 Å². The highest BCUT2D eigenvalue weighted by atomic mass is 16.6. The molecule has 0 spiro atoms. The van der Waals surface area contributed by atoms with Crippen molar-refractivity contribution in [3.05, 3.63) is 29.8 Å². The van der Waals surface area contributed by atoms with Crippen molar-refractivity contribution in [2.75, 3.05) is 5.73 Å². The molecule has 0 aliphatic heterocycles. The zero-order valence-electron chi connectivity index (χ0n) is 8.84. The van der Waals surface area contributed by atoms with Crippen molar-refractivity contribution in [1.82, 2.24) is 0 Å². The van der Waals surface area contributed by atoms with Crippen LogP contribution in [0.25, 0.3) is 0 Å². The van der Waals surface area contributed by atoms with E-state index in [1.165, 1.54) is 6.92 Å². The molecule has 5 nitrogen and oxygen atoms in total. The van der Waals surface area contributed by atoms with Gasteiger partial charge >= 0.3 is 11.9 Å². The Morgan fingerprint density at radius 3 is 2.75 bits per heavy atom. The van der Waals surface area contributed by atoms with Gasteiger partial charge in [-0.2, -0.15) is 0 Å². The maximum absolute atomic E-state index is 11.3. The number of carbonyl (C=O) groups excluding carboxylic acids is 1. The fourth-order valence-electron chi connectivity index (χ4n) is 1.16. The summed E-state index contributed by atoms with van der Waals surface area (Å²) in [4.78, 5) is 21.8. The van der Waals surface area contributed by atoms with E-state index in [0.717, 1.165) is 0 Å². The number of ether oxygens (including phenoxy) is 1. The molecule has 1 atom stereocenters. The van der Waals surface area contributed by atoms with Gasteiger partial charge < -0.3 is 15.6 Å². The summed E-state index contributed by atoms with van der Waals surface area (Å²) in [5.41, 5.74) is 6.79. The molecule has 1 aromatic carbocycles. The minimum Gasteiger partial charge on any atom is -0.479 e. The normalized spacial score (nSPS) is 11.8. The van der Waals surface area contributed by atoms with Gasteiger partial charge in [0.15, 0.2) is 6.10 Å². The molecule has 0 fully saturated rings. The first-order valence-corrected chi connectivity index (χ1v) is 4.75. The molecule has 0 saturated heterocycles. The Kier molecular flexibility index (Phi) is 3.88. The van der Waals surface area contributed by atoms with Crippen LogP contribution in [0, 0.1) is 0 Å². The van der Waals surface area contributed by atoms with E-state index in [1.807, 2.05) is 0 Å². The van der Waals surface area contributed by atoms with E-state index in [0.29, 0.717) is 11.3 Å². The molecule has 0 bridgehead atoms. The molecule has 0 amide bonds. The van der Waals surface area contributed by atoms with Crippen LogP contribution >= 0.6 is 0 Å². The van der Waals surface area contributed by atoms with Crippen molar-refractivity contribution in [2.45, 2.75) is 19.4 Å². The zero-order chi connectivity index (χ0) is 12.1. The van der Waals surface area contributed by atoms with E-state index < -0.39 is 18.0 Å². The highest BCUT2D eigenvalue weighted by molar-refractivity contribution is 5.79. The van der Waals surface area contributed by atoms with Crippen LogP contribution in [0.15, 0.2) is 24.3 Å². The topological polar surface area (TPSA) is 89.6 Å². The lowest BCUT2D eigenvalue weighted by Gasteiger charge is -2.08. The number of rotatable bonds is 4. The first kappa shape index (κ1) is 12.0. The second-order valence-corrected chi connectivity index (χ2v) is 3.39. The van der Waals surface area contributed by atoms with Gasteiger partial charge in [-0.3, -0.25) is 4.79 Å². The van der Waals surface area contributed by atoms with Gasteiger partial charge in [0.1, 0.15) is 0 Å². The highest BCUT2D eigenvalue weighted by Crippen LogP contribution is 2.08. The predicted molar refractivity (Wildman–Crippen MR) is 57.7 cm³/mol. The summed E-state index contributed by atoms with van der Waals surface area (Å²) in [7, 11) is 0. The molecule has 0 radical (unpaired) electrons. The summed E-state index contributed by atoms with van der Waals surface area (Å²) in [5, 5.41) is 8.54. The average molecular weight is 223 g/mol. The van der Waals surface area contributed by atoms with Crippen molar-refractivity contribution < 1.29 is 19.4 Å². The number of hydrogen-bond donors (Lipinski definition) is 2.